The number of rotatable bonds is 5. The number of pyridine rings is 1. The molecule has 7 heteroatoms. The van der Waals surface area contributed by atoms with Crippen molar-refractivity contribution in [1.82, 2.24) is 14.8 Å². The van der Waals surface area contributed by atoms with E-state index in [9.17, 15) is 9.18 Å². The number of carbonyl (C=O) groups excluding carboxylic acids is 1. The smallest absolute Gasteiger partial charge is 0.323 e. The Morgan fingerprint density at radius 1 is 1.48 bits per heavy atom. The van der Waals surface area contributed by atoms with Crippen LogP contribution >= 0.6 is 0 Å². The molecule has 3 rings (SSSR count). The number of anilines is 1. The second-order valence-corrected chi connectivity index (χ2v) is 6.40. The van der Waals surface area contributed by atoms with Crippen LogP contribution in [0.25, 0.3) is 0 Å². The number of aromatic nitrogens is 1. The van der Waals surface area contributed by atoms with Crippen molar-refractivity contribution in [3.8, 4) is 0 Å². The third kappa shape index (κ3) is 4.87. The zero-order chi connectivity index (χ0) is 16.2. The van der Waals surface area contributed by atoms with Crippen LogP contribution in [0.2, 0.25) is 0 Å². The van der Waals surface area contributed by atoms with E-state index in [0.717, 1.165) is 25.8 Å². The van der Waals surface area contributed by atoms with E-state index < -0.39 is 5.82 Å². The average molecular weight is 322 g/mol. The van der Waals surface area contributed by atoms with E-state index in [0.29, 0.717) is 24.9 Å². The molecule has 1 saturated carbocycles. The maximum Gasteiger partial charge on any atom is 0.323 e. The highest BCUT2D eigenvalue weighted by molar-refractivity contribution is 5.88. The maximum atomic E-state index is 12.9. The van der Waals surface area contributed by atoms with Crippen LogP contribution < -0.4 is 5.32 Å². The summed E-state index contributed by atoms with van der Waals surface area (Å²) in [5.74, 6) is 0.526. The van der Waals surface area contributed by atoms with E-state index in [1.807, 2.05) is 0 Å². The Hall–Kier alpha value is -1.73. The van der Waals surface area contributed by atoms with Gasteiger partial charge >= 0.3 is 6.03 Å². The predicted molar refractivity (Wildman–Crippen MR) is 84.7 cm³/mol. The number of likely N-dealkylation sites (N-methyl/N-ethyl adjacent to an activating group) is 1. The van der Waals surface area contributed by atoms with Crippen LogP contribution in [0.15, 0.2) is 18.3 Å². The van der Waals surface area contributed by atoms with Crippen LogP contribution in [0.4, 0.5) is 15.0 Å². The Balaban J connectivity index is 1.60. The Morgan fingerprint density at radius 2 is 2.30 bits per heavy atom. The zero-order valence-corrected chi connectivity index (χ0v) is 13.4. The molecule has 0 spiro atoms. The molecular formula is C16H23FN4O2. The minimum absolute atomic E-state index is 0.0272. The van der Waals surface area contributed by atoms with Crippen molar-refractivity contribution >= 4 is 11.8 Å². The maximum absolute atomic E-state index is 12.9. The molecule has 1 atom stereocenters. The lowest BCUT2D eigenvalue weighted by Crippen LogP contribution is -2.49. The summed E-state index contributed by atoms with van der Waals surface area (Å²) in [6.45, 7) is 3.73. The summed E-state index contributed by atoms with van der Waals surface area (Å²) in [6.07, 6.45) is 3.47. The van der Waals surface area contributed by atoms with Gasteiger partial charge in [0.15, 0.2) is 0 Å². The van der Waals surface area contributed by atoms with E-state index in [-0.39, 0.29) is 12.1 Å². The highest BCUT2D eigenvalue weighted by atomic mass is 19.1. The quantitative estimate of drug-likeness (QED) is 0.898. The largest absolute Gasteiger partial charge is 0.374 e. The topological polar surface area (TPSA) is 57.7 Å². The van der Waals surface area contributed by atoms with Gasteiger partial charge in [-0.15, -0.1) is 0 Å². The molecule has 0 aromatic carbocycles. The van der Waals surface area contributed by atoms with Gasteiger partial charge in [0.05, 0.1) is 18.9 Å². The van der Waals surface area contributed by atoms with E-state index in [1.165, 1.54) is 25.0 Å². The van der Waals surface area contributed by atoms with Crippen LogP contribution in [0, 0.1) is 11.7 Å². The molecule has 1 aliphatic heterocycles. The summed E-state index contributed by atoms with van der Waals surface area (Å²) in [6, 6.07) is 2.55. The molecule has 23 heavy (non-hydrogen) atoms. The van der Waals surface area contributed by atoms with Crippen molar-refractivity contribution in [2.75, 3.05) is 45.2 Å². The number of halogens is 1. The lowest BCUT2D eigenvalue weighted by Gasteiger charge is -2.34. The Kier molecular flexibility index (Phi) is 5.07. The number of hydrogen-bond acceptors (Lipinski definition) is 4. The lowest BCUT2D eigenvalue weighted by atomic mass is 10.2. The molecule has 2 aliphatic rings. The molecule has 2 amide bonds. The highest BCUT2D eigenvalue weighted by Gasteiger charge is 2.30. The second kappa shape index (κ2) is 7.23. The van der Waals surface area contributed by atoms with Gasteiger partial charge in [-0.3, -0.25) is 5.32 Å². The van der Waals surface area contributed by atoms with Crippen molar-refractivity contribution < 1.29 is 13.9 Å². The van der Waals surface area contributed by atoms with Crippen LogP contribution in [0.5, 0.6) is 0 Å². The standard InChI is InChI=1S/C16H23FN4O2/c1-20-6-7-23-14(10-20)11-21(9-12-2-3-12)16(22)19-15-5-4-13(17)8-18-15/h4-5,8,12,14H,2-3,6-7,9-11H2,1H3,(H,18,19,22). The van der Waals surface area contributed by atoms with E-state index in [2.05, 4.69) is 22.2 Å². The van der Waals surface area contributed by atoms with Crippen molar-refractivity contribution in [3.05, 3.63) is 24.1 Å². The Labute approximate surface area is 135 Å². The number of amides is 2. The molecular weight excluding hydrogens is 299 g/mol. The third-order valence-electron chi connectivity index (χ3n) is 4.19. The van der Waals surface area contributed by atoms with E-state index in [4.69, 9.17) is 4.74 Å². The predicted octanol–water partition coefficient (Wildman–Crippen LogP) is 1.80. The van der Waals surface area contributed by atoms with Gasteiger partial charge in [0.2, 0.25) is 0 Å². The van der Waals surface area contributed by atoms with E-state index >= 15 is 0 Å². The molecule has 0 bridgehead atoms. The monoisotopic (exact) mass is 322 g/mol. The molecule has 1 aromatic heterocycles. The normalized spacial score (nSPS) is 21.9. The first-order valence-corrected chi connectivity index (χ1v) is 8.08. The average Bonchev–Trinajstić information content (AvgIpc) is 3.33. The first kappa shape index (κ1) is 16.1. The Morgan fingerprint density at radius 3 is 2.96 bits per heavy atom. The lowest BCUT2D eigenvalue weighted by molar-refractivity contribution is -0.0302. The number of nitrogens with one attached hydrogen (secondary N) is 1. The first-order chi connectivity index (χ1) is 11.1. The number of urea groups is 1. The van der Waals surface area contributed by atoms with Crippen LogP contribution in [-0.4, -0.2) is 66.8 Å². The Bertz CT molecular complexity index is 535. The summed E-state index contributed by atoms with van der Waals surface area (Å²) in [5.41, 5.74) is 0. The summed E-state index contributed by atoms with van der Waals surface area (Å²) in [4.78, 5) is 20.4. The summed E-state index contributed by atoms with van der Waals surface area (Å²) in [7, 11) is 2.06. The van der Waals surface area contributed by atoms with Crippen molar-refractivity contribution in [2.45, 2.75) is 18.9 Å². The molecule has 2 heterocycles. The summed E-state index contributed by atoms with van der Waals surface area (Å²) < 4.78 is 18.7. The van der Waals surface area contributed by atoms with Gasteiger partial charge in [0, 0.05) is 26.2 Å². The van der Waals surface area contributed by atoms with Gasteiger partial charge in [-0.05, 0) is 37.9 Å². The molecule has 0 radical (unpaired) electrons. The van der Waals surface area contributed by atoms with Gasteiger partial charge in [-0.2, -0.15) is 0 Å². The number of morpholine rings is 1. The summed E-state index contributed by atoms with van der Waals surface area (Å²) >= 11 is 0. The first-order valence-electron chi connectivity index (χ1n) is 8.08. The molecule has 1 N–H and O–H groups in total. The van der Waals surface area contributed by atoms with E-state index in [1.54, 1.807) is 4.90 Å². The van der Waals surface area contributed by atoms with Gasteiger partial charge in [0.25, 0.3) is 0 Å². The fourth-order valence-corrected chi connectivity index (χ4v) is 2.71. The SMILES string of the molecule is CN1CCOC(CN(CC2CC2)C(=O)Nc2ccc(F)cn2)C1. The fourth-order valence-electron chi connectivity index (χ4n) is 2.71. The molecule has 1 aliphatic carbocycles. The van der Waals surface area contributed by atoms with Crippen molar-refractivity contribution in [3.63, 3.8) is 0 Å². The molecule has 1 unspecified atom stereocenters. The number of nitrogens with zero attached hydrogens (tertiary/aromatic N) is 3. The number of carbonyl (C=O) groups is 1. The molecule has 1 aromatic rings. The fraction of sp³-hybridized carbons (Fsp3) is 0.625. The van der Waals surface area contributed by atoms with Gasteiger partial charge in [-0.1, -0.05) is 0 Å². The van der Waals surface area contributed by atoms with Crippen LogP contribution in [-0.2, 0) is 4.74 Å². The number of ether oxygens (including phenoxy) is 1. The minimum atomic E-state index is -0.420. The van der Waals surface area contributed by atoms with Crippen LogP contribution in [0.1, 0.15) is 12.8 Å². The molecule has 2 fully saturated rings. The zero-order valence-electron chi connectivity index (χ0n) is 13.4. The summed E-state index contributed by atoms with van der Waals surface area (Å²) in [5, 5.41) is 2.74. The second-order valence-electron chi connectivity index (χ2n) is 6.40. The number of hydrogen-bond donors (Lipinski definition) is 1. The highest BCUT2D eigenvalue weighted by Crippen LogP contribution is 2.30. The van der Waals surface area contributed by atoms with Gasteiger partial charge in [0.1, 0.15) is 11.6 Å². The van der Waals surface area contributed by atoms with Crippen molar-refractivity contribution in [1.29, 1.82) is 0 Å². The third-order valence-corrected chi connectivity index (χ3v) is 4.19. The van der Waals surface area contributed by atoms with Crippen LogP contribution in [0.3, 0.4) is 0 Å². The van der Waals surface area contributed by atoms with Gasteiger partial charge in [-0.25, -0.2) is 14.2 Å². The molecule has 1 saturated heterocycles. The minimum Gasteiger partial charge on any atom is -0.374 e. The molecule has 6 nitrogen and oxygen atoms in total. The van der Waals surface area contributed by atoms with Gasteiger partial charge < -0.3 is 14.5 Å². The molecule has 126 valence electrons. The van der Waals surface area contributed by atoms with Crippen molar-refractivity contribution in [2.24, 2.45) is 5.92 Å².